The first-order chi connectivity index (χ1) is 7.70. The van der Waals surface area contributed by atoms with Crippen molar-refractivity contribution in [3.8, 4) is 18.1 Å². The summed E-state index contributed by atoms with van der Waals surface area (Å²) >= 11 is 0. The lowest BCUT2D eigenvalue weighted by Gasteiger charge is -2.06. The second-order valence-electron chi connectivity index (χ2n) is 3.84. The zero-order valence-corrected chi connectivity index (χ0v) is 8.68. The molecular formula is C12H11NO3. The molecule has 1 aliphatic rings. The second kappa shape index (κ2) is 4.23. The van der Waals surface area contributed by atoms with Crippen LogP contribution >= 0.6 is 0 Å². The SMILES string of the molecule is C#Cc1ccc([N+](=O)[O-])c(OCC2CC2)c1. The van der Waals surface area contributed by atoms with Crippen molar-refractivity contribution in [2.75, 3.05) is 6.61 Å². The smallest absolute Gasteiger partial charge is 0.311 e. The van der Waals surface area contributed by atoms with Gasteiger partial charge in [-0.25, -0.2) is 0 Å². The maximum Gasteiger partial charge on any atom is 0.311 e. The number of benzene rings is 1. The molecule has 0 N–H and O–H groups in total. The molecule has 2 rings (SSSR count). The van der Waals surface area contributed by atoms with Crippen molar-refractivity contribution in [3.05, 3.63) is 33.9 Å². The van der Waals surface area contributed by atoms with Gasteiger partial charge in [0.1, 0.15) is 0 Å². The third-order valence-electron chi connectivity index (χ3n) is 2.49. The summed E-state index contributed by atoms with van der Waals surface area (Å²) in [5.74, 6) is 3.25. The van der Waals surface area contributed by atoms with Gasteiger partial charge in [0.15, 0.2) is 5.75 Å². The van der Waals surface area contributed by atoms with Crippen LogP contribution in [0.1, 0.15) is 18.4 Å². The van der Waals surface area contributed by atoms with Gasteiger partial charge >= 0.3 is 5.69 Å². The molecule has 4 heteroatoms. The van der Waals surface area contributed by atoms with Crippen molar-refractivity contribution in [1.82, 2.24) is 0 Å². The van der Waals surface area contributed by atoms with Gasteiger partial charge in [0.05, 0.1) is 11.5 Å². The molecule has 0 atom stereocenters. The van der Waals surface area contributed by atoms with E-state index in [4.69, 9.17) is 11.2 Å². The maximum absolute atomic E-state index is 10.8. The molecule has 82 valence electrons. The summed E-state index contributed by atoms with van der Waals surface area (Å²) < 4.78 is 5.43. The number of ether oxygens (including phenoxy) is 1. The Morgan fingerprint density at radius 3 is 2.88 bits per heavy atom. The van der Waals surface area contributed by atoms with Gasteiger partial charge in [0, 0.05) is 17.7 Å². The predicted octanol–water partition coefficient (Wildman–Crippen LogP) is 2.36. The largest absolute Gasteiger partial charge is 0.486 e. The summed E-state index contributed by atoms with van der Waals surface area (Å²) in [4.78, 5) is 10.3. The van der Waals surface area contributed by atoms with Gasteiger partial charge < -0.3 is 4.74 Å². The van der Waals surface area contributed by atoms with Gasteiger partial charge in [0.25, 0.3) is 0 Å². The fourth-order valence-corrected chi connectivity index (χ4v) is 1.36. The topological polar surface area (TPSA) is 52.4 Å². The molecule has 1 aromatic rings. The molecule has 0 aromatic heterocycles. The quantitative estimate of drug-likeness (QED) is 0.442. The van der Waals surface area contributed by atoms with Gasteiger partial charge in [0.2, 0.25) is 0 Å². The van der Waals surface area contributed by atoms with E-state index < -0.39 is 4.92 Å². The van der Waals surface area contributed by atoms with Crippen LogP contribution in [-0.4, -0.2) is 11.5 Å². The third kappa shape index (κ3) is 2.31. The average Bonchev–Trinajstić information content (AvgIpc) is 3.09. The molecule has 1 aliphatic carbocycles. The third-order valence-corrected chi connectivity index (χ3v) is 2.49. The molecule has 0 amide bonds. The molecule has 0 radical (unpaired) electrons. The van der Waals surface area contributed by atoms with E-state index in [9.17, 15) is 10.1 Å². The molecule has 0 aliphatic heterocycles. The molecule has 0 unspecified atom stereocenters. The van der Waals surface area contributed by atoms with Gasteiger partial charge in [-0.05, 0) is 24.8 Å². The zero-order chi connectivity index (χ0) is 11.5. The minimum Gasteiger partial charge on any atom is -0.486 e. The van der Waals surface area contributed by atoms with Gasteiger partial charge in [-0.15, -0.1) is 6.42 Å². The van der Waals surface area contributed by atoms with Crippen molar-refractivity contribution < 1.29 is 9.66 Å². The fraction of sp³-hybridized carbons (Fsp3) is 0.333. The number of terminal acetylenes is 1. The van der Waals surface area contributed by atoms with E-state index in [0.717, 1.165) is 12.8 Å². The first kappa shape index (κ1) is 10.5. The highest BCUT2D eigenvalue weighted by Crippen LogP contribution is 2.33. The average molecular weight is 217 g/mol. The lowest BCUT2D eigenvalue weighted by molar-refractivity contribution is -0.385. The number of nitro groups is 1. The van der Waals surface area contributed by atoms with Crippen LogP contribution in [-0.2, 0) is 0 Å². The molecule has 16 heavy (non-hydrogen) atoms. The fourth-order valence-electron chi connectivity index (χ4n) is 1.36. The van der Waals surface area contributed by atoms with Crippen molar-refractivity contribution in [2.45, 2.75) is 12.8 Å². The van der Waals surface area contributed by atoms with Crippen LogP contribution in [0, 0.1) is 28.4 Å². The summed E-state index contributed by atoms with van der Waals surface area (Å²) in [6, 6.07) is 4.47. The zero-order valence-electron chi connectivity index (χ0n) is 8.68. The molecule has 1 fully saturated rings. The highest BCUT2D eigenvalue weighted by molar-refractivity contribution is 5.52. The Balaban J connectivity index is 2.22. The second-order valence-corrected chi connectivity index (χ2v) is 3.84. The van der Waals surface area contributed by atoms with Crippen molar-refractivity contribution in [1.29, 1.82) is 0 Å². The molecule has 1 aromatic carbocycles. The van der Waals surface area contributed by atoms with Crippen LogP contribution in [0.2, 0.25) is 0 Å². The lowest BCUT2D eigenvalue weighted by Crippen LogP contribution is -2.02. The van der Waals surface area contributed by atoms with E-state index in [1.807, 2.05) is 0 Å². The summed E-state index contributed by atoms with van der Waals surface area (Å²) in [5, 5.41) is 10.8. The summed E-state index contributed by atoms with van der Waals surface area (Å²) in [7, 11) is 0. The van der Waals surface area contributed by atoms with Crippen LogP contribution in [0.15, 0.2) is 18.2 Å². The van der Waals surface area contributed by atoms with E-state index in [1.54, 1.807) is 12.1 Å². The highest BCUT2D eigenvalue weighted by Gasteiger charge is 2.24. The maximum atomic E-state index is 10.8. The Bertz CT molecular complexity index is 458. The van der Waals surface area contributed by atoms with E-state index in [-0.39, 0.29) is 11.4 Å². The highest BCUT2D eigenvalue weighted by atomic mass is 16.6. The number of hydrogen-bond donors (Lipinski definition) is 0. The Hall–Kier alpha value is -2.02. The predicted molar refractivity (Wildman–Crippen MR) is 59.3 cm³/mol. The minimum absolute atomic E-state index is 0.0281. The van der Waals surface area contributed by atoms with Crippen LogP contribution in [0.3, 0.4) is 0 Å². The summed E-state index contributed by atoms with van der Waals surface area (Å²) in [6.07, 6.45) is 7.52. The Morgan fingerprint density at radius 2 is 2.31 bits per heavy atom. The van der Waals surface area contributed by atoms with Crippen LogP contribution in [0.5, 0.6) is 5.75 Å². The van der Waals surface area contributed by atoms with Gasteiger partial charge in [-0.2, -0.15) is 0 Å². The van der Waals surface area contributed by atoms with Crippen LogP contribution < -0.4 is 4.74 Å². The lowest BCUT2D eigenvalue weighted by atomic mass is 10.2. The van der Waals surface area contributed by atoms with Gasteiger partial charge in [-0.1, -0.05) is 5.92 Å². The summed E-state index contributed by atoms with van der Waals surface area (Å²) in [5.41, 5.74) is 0.566. The molecule has 0 spiro atoms. The van der Waals surface area contributed by atoms with Crippen molar-refractivity contribution in [2.24, 2.45) is 5.92 Å². The van der Waals surface area contributed by atoms with E-state index >= 15 is 0 Å². The normalized spacial score (nSPS) is 14.2. The molecular weight excluding hydrogens is 206 g/mol. The number of nitrogens with zero attached hydrogens (tertiary/aromatic N) is 1. The number of nitro benzene ring substituents is 1. The summed E-state index contributed by atoms with van der Waals surface area (Å²) in [6.45, 7) is 0.537. The van der Waals surface area contributed by atoms with E-state index in [2.05, 4.69) is 5.92 Å². The monoisotopic (exact) mass is 217 g/mol. The van der Waals surface area contributed by atoms with E-state index in [1.165, 1.54) is 6.07 Å². The standard InChI is InChI=1S/C12H11NO3/c1-2-9-5-6-11(13(14)15)12(7-9)16-8-10-3-4-10/h1,5-7,10H,3-4,8H2. The Labute approximate surface area is 93.4 Å². The Kier molecular flexibility index (Phi) is 2.78. The number of hydrogen-bond acceptors (Lipinski definition) is 3. The molecule has 1 saturated carbocycles. The van der Waals surface area contributed by atoms with Crippen LogP contribution in [0.4, 0.5) is 5.69 Å². The first-order valence-corrected chi connectivity index (χ1v) is 5.08. The Morgan fingerprint density at radius 1 is 1.56 bits per heavy atom. The first-order valence-electron chi connectivity index (χ1n) is 5.08. The van der Waals surface area contributed by atoms with E-state index in [0.29, 0.717) is 18.1 Å². The minimum atomic E-state index is -0.456. The van der Waals surface area contributed by atoms with Crippen LogP contribution in [0.25, 0.3) is 0 Å². The van der Waals surface area contributed by atoms with Crippen molar-refractivity contribution in [3.63, 3.8) is 0 Å². The molecule has 4 nitrogen and oxygen atoms in total. The molecule has 0 heterocycles. The molecule has 0 bridgehead atoms. The molecule has 0 saturated heterocycles. The number of rotatable bonds is 4. The van der Waals surface area contributed by atoms with Crippen molar-refractivity contribution >= 4 is 5.69 Å². The van der Waals surface area contributed by atoms with Gasteiger partial charge in [-0.3, -0.25) is 10.1 Å².